The molecule has 0 saturated carbocycles. The van der Waals surface area contributed by atoms with Crippen molar-refractivity contribution in [1.29, 1.82) is 0 Å². The van der Waals surface area contributed by atoms with Crippen LogP contribution in [-0.2, 0) is 39.6 Å². The number of nitrogens with zero attached hydrogens (tertiary/aromatic N) is 3. The first-order valence-corrected chi connectivity index (χ1v) is 11.2. The number of aromatic hydroxyl groups is 1. The molecule has 33 heavy (non-hydrogen) atoms. The molecule has 2 aliphatic rings. The van der Waals surface area contributed by atoms with Gasteiger partial charge in [0.1, 0.15) is 12.4 Å². The molecule has 1 atom stereocenters. The van der Waals surface area contributed by atoms with Crippen LogP contribution in [0, 0.1) is 0 Å². The molecule has 1 aromatic carbocycles. The van der Waals surface area contributed by atoms with E-state index >= 15 is 0 Å². The van der Waals surface area contributed by atoms with Gasteiger partial charge in [-0.25, -0.2) is 9.78 Å². The van der Waals surface area contributed by atoms with E-state index in [9.17, 15) is 14.7 Å². The van der Waals surface area contributed by atoms with Gasteiger partial charge in [-0.2, -0.15) is 0 Å². The number of hydrogen-bond acceptors (Lipinski definition) is 7. The van der Waals surface area contributed by atoms with Crippen LogP contribution in [0.5, 0.6) is 5.75 Å². The number of cyclic esters (lactones) is 1. The standard InChI is InChI=1S/C25H27N3O5/c1-5-25(33-6-2)18-10-20-22-14(11-28(20)23(30)17(18)13-32-24(25)31)9-15-16(12-27(3)4)21(29)8-7-19(15)26-22/h7-10,29H,5-6,11-13H2,1-4H3. The number of pyridine rings is 2. The largest absolute Gasteiger partial charge is 0.508 e. The van der Waals surface area contributed by atoms with Crippen molar-refractivity contribution in [2.45, 2.75) is 45.6 Å². The van der Waals surface area contributed by atoms with Gasteiger partial charge in [0.25, 0.3) is 5.56 Å². The lowest BCUT2D eigenvalue weighted by Gasteiger charge is -2.35. The van der Waals surface area contributed by atoms with E-state index in [1.807, 2.05) is 45.0 Å². The summed E-state index contributed by atoms with van der Waals surface area (Å²) in [6.07, 6.45) is 0.362. The number of benzene rings is 1. The van der Waals surface area contributed by atoms with Gasteiger partial charge in [0.15, 0.2) is 5.60 Å². The number of ether oxygens (including phenoxy) is 2. The Morgan fingerprint density at radius 1 is 1.24 bits per heavy atom. The summed E-state index contributed by atoms with van der Waals surface area (Å²) in [6, 6.07) is 7.33. The van der Waals surface area contributed by atoms with Crippen LogP contribution in [0.3, 0.4) is 0 Å². The topological polar surface area (TPSA) is 93.9 Å². The summed E-state index contributed by atoms with van der Waals surface area (Å²) in [6.45, 7) is 4.88. The van der Waals surface area contributed by atoms with Crippen molar-refractivity contribution < 1.29 is 19.4 Å². The van der Waals surface area contributed by atoms with Crippen LogP contribution in [0.25, 0.3) is 22.3 Å². The van der Waals surface area contributed by atoms with Gasteiger partial charge < -0.3 is 24.0 Å². The molecular formula is C25H27N3O5. The molecule has 5 rings (SSSR count). The van der Waals surface area contributed by atoms with Gasteiger partial charge in [-0.05, 0) is 51.7 Å². The number of carbonyl (C=O) groups excluding carboxylic acids is 1. The van der Waals surface area contributed by atoms with Gasteiger partial charge in [0, 0.05) is 35.2 Å². The summed E-state index contributed by atoms with van der Waals surface area (Å²) in [5, 5.41) is 11.3. The van der Waals surface area contributed by atoms with E-state index in [1.54, 1.807) is 16.7 Å². The second kappa shape index (κ2) is 7.67. The first kappa shape index (κ1) is 21.6. The predicted molar refractivity (Wildman–Crippen MR) is 123 cm³/mol. The molecule has 0 amide bonds. The van der Waals surface area contributed by atoms with Crippen molar-refractivity contribution in [1.82, 2.24) is 14.5 Å². The highest BCUT2D eigenvalue weighted by Gasteiger charge is 2.47. The van der Waals surface area contributed by atoms with Crippen LogP contribution in [0.2, 0.25) is 0 Å². The number of rotatable bonds is 5. The minimum Gasteiger partial charge on any atom is -0.508 e. The molecule has 0 saturated heterocycles. The van der Waals surface area contributed by atoms with Gasteiger partial charge in [-0.3, -0.25) is 4.79 Å². The second-order valence-corrected chi connectivity index (χ2v) is 8.87. The SMILES string of the molecule is CCOC1(CC)C(=O)OCc2c1cc1n(c2=O)Cc2cc3c(CN(C)C)c(O)ccc3nc2-1. The van der Waals surface area contributed by atoms with Crippen molar-refractivity contribution in [3.8, 4) is 17.1 Å². The Labute approximate surface area is 191 Å². The van der Waals surface area contributed by atoms with Gasteiger partial charge >= 0.3 is 5.97 Å². The van der Waals surface area contributed by atoms with Crippen LogP contribution in [0.1, 0.15) is 42.5 Å². The Balaban J connectivity index is 1.74. The number of phenols is 1. The van der Waals surface area contributed by atoms with Crippen molar-refractivity contribution in [3.63, 3.8) is 0 Å². The van der Waals surface area contributed by atoms with Crippen molar-refractivity contribution in [3.05, 3.63) is 56.9 Å². The number of carbonyl (C=O) groups is 1. The zero-order valence-electron chi connectivity index (χ0n) is 19.3. The maximum Gasteiger partial charge on any atom is 0.343 e. The third-order valence-electron chi connectivity index (χ3n) is 6.61. The number of phenolic OH excluding ortho intramolecular Hbond substituents is 1. The Kier molecular flexibility index (Phi) is 5.02. The van der Waals surface area contributed by atoms with Crippen LogP contribution in [-0.4, -0.2) is 46.2 Å². The van der Waals surface area contributed by atoms with Crippen molar-refractivity contribution in [2.24, 2.45) is 0 Å². The molecule has 4 heterocycles. The minimum atomic E-state index is -1.29. The summed E-state index contributed by atoms with van der Waals surface area (Å²) < 4.78 is 13.0. The zero-order valence-corrected chi connectivity index (χ0v) is 19.3. The average molecular weight is 450 g/mol. The number of esters is 1. The van der Waals surface area contributed by atoms with Gasteiger partial charge in [0.2, 0.25) is 0 Å². The maximum absolute atomic E-state index is 13.5. The van der Waals surface area contributed by atoms with Crippen LogP contribution < -0.4 is 5.56 Å². The summed E-state index contributed by atoms with van der Waals surface area (Å²) in [5.41, 5.74) is 3.38. The fraction of sp³-hybridized carbons (Fsp3) is 0.400. The van der Waals surface area contributed by atoms with Gasteiger partial charge in [0.05, 0.1) is 29.0 Å². The number of aromatic nitrogens is 2. The van der Waals surface area contributed by atoms with E-state index in [1.165, 1.54) is 0 Å². The van der Waals surface area contributed by atoms with E-state index in [4.69, 9.17) is 14.5 Å². The van der Waals surface area contributed by atoms with E-state index < -0.39 is 11.6 Å². The fourth-order valence-electron chi connectivity index (χ4n) is 5.06. The Hall–Kier alpha value is -3.23. The Morgan fingerprint density at radius 2 is 2.03 bits per heavy atom. The van der Waals surface area contributed by atoms with Gasteiger partial charge in [-0.15, -0.1) is 0 Å². The molecule has 8 nitrogen and oxygen atoms in total. The lowest BCUT2D eigenvalue weighted by atomic mass is 9.85. The Morgan fingerprint density at radius 3 is 2.73 bits per heavy atom. The van der Waals surface area contributed by atoms with Crippen LogP contribution in [0.4, 0.5) is 0 Å². The lowest BCUT2D eigenvalue weighted by Crippen LogP contribution is -2.46. The molecule has 1 unspecified atom stereocenters. The third kappa shape index (κ3) is 3.08. The maximum atomic E-state index is 13.5. The van der Waals surface area contributed by atoms with Crippen molar-refractivity contribution >= 4 is 16.9 Å². The third-order valence-corrected chi connectivity index (χ3v) is 6.61. The molecule has 2 aliphatic heterocycles. The van der Waals surface area contributed by atoms with Crippen LogP contribution >= 0.6 is 0 Å². The highest BCUT2D eigenvalue weighted by Crippen LogP contribution is 2.41. The molecule has 8 heteroatoms. The summed E-state index contributed by atoms with van der Waals surface area (Å²) in [4.78, 5) is 33.2. The van der Waals surface area contributed by atoms with E-state index in [-0.39, 0.29) is 17.9 Å². The molecule has 1 N–H and O–H groups in total. The molecule has 0 fully saturated rings. The zero-order chi connectivity index (χ0) is 23.5. The highest BCUT2D eigenvalue weighted by molar-refractivity contribution is 5.89. The van der Waals surface area contributed by atoms with Gasteiger partial charge in [-0.1, -0.05) is 6.92 Å². The summed E-state index contributed by atoms with van der Waals surface area (Å²) >= 11 is 0. The highest BCUT2D eigenvalue weighted by atomic mass is 16.6. The second-order valence-electron chi connectivity index (χ2n) is 8.87. The first-order valence-electron chi connectivity index (χ1n) is 11.2. The first-order chi connectivity index (χ1) is 15.8. The van der Waals surface area contributed by atoms with Crippen LogP contribution in [0.15, 0.2) is 29.1 Å². The summed E-state index contributed by atoms with van der Waals surface area (Å²) in [5.74, 6) is -0.238. The molecule has 0 aliphatic carbocycles. The Bertz CT molecular complexity index is 1360. The number of fused-ring (bicyclic) bond motifs is 5. The monoisotopic (exact) mass is 449 g/mol. The van der Waals surface area contributed by atoms with E-state index in [2.05, 4.69) is 0 Å². The quantitative estimate of drug-likeness (QED) is 0.468. The van der Waals surface area contributed by atoms with Crippen molar-refractivity contribution in [2.75, 3.05) is 20.7 Å². The minimum absolute atomic E-state index is 0.0608. The molecular weight excluding hydrogens is 422 g/mol. The normalized spacial score (nSPS) is 18.9. The average Bonchev–Trinajstić information content (AvgIpc) is 3.14. The molecule has 0 radical (unpaired) electrons. The number of hydrogen-bond donors (Lipinski definition) is 1. The molecule has 2 aromatic heterocycles. The predicted octanol–water partition coefficient (Wildman–Crippen LogP) is 2.89. The molecule has 3 aromatic rings. The van der Waals surface area contributed by atoms with E-state index in [0.717, 1.165) is 22.0 Å². The van der Waals surface area contributed by atoms with E-state index in [0.29, 0.717) is 48.6 Å². The molecule has 172 valence electrons. The molecule has 0 spiro atoms. The summed E-state index contributed by atoms with van der Waals surface area (Å²) in [7, 11) is 3.89. The lowest BCUT2D eigenvalue weighted by molar-refractivity contribution is -0.180. The molecule has 0 bridgehead atoms. The fourth-order valence-corrected chi connectivity index (χ4v) is 5.06. The smallest absolute Gasteiger partial charge is 0.343 e.